The zero-order valence-corrected chi connectivity index (χ0v) is 25.5. The standard InChI is InChI=1S/C33H47N3O5/c1-19-26-15-23(33(26,3)4)16-27(19)34-32(39)30-29(20(2)38)28(18-37)41-36(30)17-22-11-9-13-25(31(22)40-7)21-10-8-12-24(14-21)35(5)6/h8-14,19-20,23,26-30,37-38H,15-18H2,1-7H3,(H,34,39)/t19-,20-,23+,26-,27+,28-,29+,30-/m0/s1. The first-order valence-electron chi connectivity index (χ1n) is 14.9. The van der Waals surface area contributed by atoms with Crippen LogP contribution in [0.1, 0.15) is 46.1 Å². The molecule has 0 aromatic heterocycles. The van der Waals surface area contributed by atoms with Crippen LogP contribution in [-0.2, 0) is 16.2 Å². The molecule has 8 nitrogen and oxygen atoms in total. The number of nitrogens with one attached hydrogen (secondary N) is 1. The smallest absolute Gasteiger partial charge is 0.240 e. The number of hydrogen-bond acceptors (Lipinski definition) is 7. The van der Waals surface area contributed by atoms with Gasteiger partial charge in [0.15, 0.2) is 0 Å². The number of hydrogen-bond donors (Lipinski definition) is 3. The highest BCUT2D eigenvalue weighted by Crippen LogP contribution is 2.61. The van der Waals surface area contributed by atoms with Crippen molar-refractivity contribution in [1.82, 2.24) is 10.4 Å². The van der Waals surface area contributed by atoms with E-state index < -0.39 is 24.2 Å². The number of ether oxygens (including phenoxy) is 1. The summed E-state index contributed by atoms with van der Waals surface area (Å²) in [5, 5.41) is 25.9. The molecule has 0 unspecified atom stereocenters. The summed E-state index contributed by atoms with van der Waals surface area (Å²) in [6.45, 7) is 8.59. The molecule has 8 atom stereocenters. The van der Waals surface area contributed by atoms with E-state index in [1.807, 2.05) is 38.4 Å². The molecule has 4 aliphatic rings. The quantitative estimate of drug-likeness (QED) is 0.422. The van der Waals surface area contributed by atoms with Crippen molar-refractivity contribution in [3.8, 4) is 16.9 Å². The van der Waals surface area contributed by atoms with Crippen LogP contribution in [0.25, 0.3) is 11.1 Å². The second kappa shape index (κ2) is 11.6. The third kappa shape index (κ3) is 5.36. The molecule has 1 saturated heterocycles. The van der Waals surface area contributed by atoms with E-state index in [4.69, 9.17) is 9.57 Å². The Bertz CT molecular complexity index is 1250. The third-order valence-corrected chi connectivity index (χ3v) is 10.4. The third-order valence-electron chi connectivity index (χ3n) is 10.4. The first-order valence-corrected chi connectivity index (χ1v) is 14.9. The molecule has 2 aromatic rings. The molecule has 6 rings (SSSR count). The number of hydroxylamine groups is 2. The zero-order valence-electron chi connectivity index (χ0n) is 25.5. The Labute approximate surface area is 244 Å². The minimum Gasteiger partial charge on any atom is -0.496 e. The maximum Gasteiger partial charge on any atom is 0.240 e. The zero-order chi connectivity index (χ0) is 29.6. The number of nitrogens with zero attached hydrogens (tertiary/aromatic N) is 2. The number of carbonyl (C=O) groups is 1. The fraction of sp³-hybridized carbons (Fsp3) is 0.606. The monoisotopic (exact) mass is 565 g/mol. The van der Waals surface area contributed by atoms with Gasteiger partial charge in [0.2, 0.25) is 5.91 Å². The number of carbonyl (C=O) groups excluding carboxylic acids is 1. The molecule has 3 saturated carbocycles. The molecular formula is C33H47N3O5. The fourth-order valence-corrected chi connectivity index (χ4v) is 7.78. The molecule has 0 radical (unpaired) electrons. The number of rotatable bonds is 9. The molecule has 41 heavy (non-hydrogen) atoms. The summed E-state index contributed by atoms with van der Waals surface area (Å²) in [6.07, 6.45) is 0.670. The van der Waals surface area contributed by atoms with E-state index in [1.54, 1.807) is 19.1 Å². The molecule has 1 aliphatic heterocycles. The molecule has 0 spiro atoms. The highest BCUT2D eigenvalue weighted by molar-refractivity contribution is 5.83. The Morgan fingerprint density at radius 3 is 2.56 bits per heavy atom. The lowest BCUT2D eigenvalue weighted by atomic mass is 9.45. The number of methoxy groups -OCH3 is 1. The summed E-state index contributed by atoms with van der Waals surface area (Å²) in [7, 11) is 5.67. The molecule has 2 bridgehead atoms. The van der Waals surface area contributed by atoms with E-state index in [0.29, 0.717) is 28.9 Å². The highest BCUT2D eigenvalue weighted by Gasteiger charge is 2.57. The fourth-order valence-electron chi connectivity index (χ4n) is 7.78. The summed E-state index contributed by atoms with van der Waals surface area (Å²) in [5.74, 6) is 1.56. The summed E-state index contributed by atoms with van der Waals surface area (Å²) >= 11 is 0. The predicted octanol–water partition coefficient (Wildman–Crippen LogP) is 4.09. The molecule has 224 valence electrons. The molecule has 1 amide bonds. The Morgan fingerprint density at radius 1 is 1.22 bits per heavy atom. The summed E-state index contributed by atoms with van der Waals surface area (Å²) in [4.78, 5) is 22.3. The number of fused-ring (bicyclic) bond motifs is 2. The summed E-state index contributed by atoms with van der Waals surface area (Å²) in [5.41, 5.74) is 4.22. The lowest BCUT2D eigenvalue weighted by molar-refractivity contribution is -0.183. The minimum absolute atomic E-state index is 0.0887. The van der Waals surface area contributed by atoms with Crippen molar-refractivity contribution in [2.75, 3.05) is 32.7 Å². The van der Waals surface area contributed by atoms with Crippen LogP contribution in [0.2, 0.25) is 0 Å². The normalized spacial score (nSPS) is 31.3. The van der Waals surface area contributed by atoms with Gasteiger partial charge in [-0.15, -0.1) is 0 Å². The first-order chi connectivity index (χ1) is 19.5. The number of aliphatic hydroxyl groups excluding tert-OH is 2. The van der Waals surface area contributed by atoms with Gasteiger partial charge in [-0.3, -0.25) is 9.63 Å². The lowest BCUT2D eigenvalue weighted by Gasteiger charge is -2.62. The van der Waals surface area contributed by atoms with Crippen LogP contribution in [0.15, 0.2) is 42.5 Å². The molecule has 3 aliphatic carbocycles. The van der Waals surface area contributed by atoms with Crippen LogP contribution in [-0.4, -0.2) is 73.3 Å². The predicted molar refractivity (Wildman–Crippen MR) is 160 cm³/mol. The van der Waals surface area contributed by atoms with E-state index in [9.17, 15) is 15.0 Å². The van der Waals surface area contributed by atoms with E-state index in [0.717, 1.165) is 28.8 Å². The van der Waals surface area contributed by atoms with Crippen LogP contribution >= 0.6 is 0 Å². The molecule has 4 fully saturated rings. The molecule has 2 aromatic carbocycles. The van der Waals surface area contributed by atoms with Crippen LogP contribution in [0, 0.1) is 29.1 Å². The van der Waals surface area contributed by atoms with Gasteiger partial charge < -0.3 is 25.2 Å². The molecule has 1 heterocycles. The van der Waals surface area contributed by atoms with Crippen molar-refractivity contribution in [3.63, 3.8) is 0 Å². The van der Waals surface area contributed by atoms with Crippen molar-refractivity contribution in [1.29, 1.82) is 0 Å². The molecule has 3 N–H and O–H groups in total. The minimum atomic E-state index is -0.842. The Kier molecular flexibility index (Phi) is 8.41. The highest BCUT2D eigenvalue weighted by atomic mass is 16.7. The average Bonchev–Trinajstić information content (AvgIpc) is 3.32. The largest absolute Gasteiger partial charge is 0.496 e. The van der Waals surface area contributed by atoms with Crippen molar-refractivity contribution >= 4 is 11.6 Å². The van der Waals surface area contributed by atoms with Gasteiger partial charge in [0.25, 0.3) is 0 Å². The maximum atomic E-state index is 14.0. The average molecular weight is 566 g/mol. The number of benzene rings is 2. The van der Waals surface area contributed by atoms with Gasteiger partial charge in [-0.2, -0.15) is 5.06 Å². The number of anilines is 1. The Hall–Kier alpha value is -2.65. The van der Waals surface area contributed by atoms with Crippen molar-refractivity contribution < 1.29 is 24.6 Å². The number of para-hydroxylation sites is 1. The Balaban J connectivity index is 1.43. The second-order valence-corrected chi connectivity index (χ2v) is 13.2. The van der Waals surface area contributed by atoms with Gasteiger partial charge in [0.1, 0.15) is 17.9 Å². The van der Waals surface area contributed by atoms with Gasteiger partial charge in [-0.25, -0.2) is 0 Å². The SMILES string of the molecule is COc1c(CN2O[C@@H](CO)[C@@H]([C@H](C)O)[C@H]2C(=O)N[C@@H]2C[C@H]3C[C@@H]([C@@H]2C)C3(C)C)cccc1-c1cccc(N(C)C)c1. The van der Waals surface area contributed by atoms with Gasteiger partial charge in [0, 0.05) is 42.9 Å². The van der Waals surface area contributed by atoms with Gasteiger partial charge in [0.05, 0.1) is 26.4 Å². The van der Waals surface area contributed by atoms with Crippen molar-refractivity contribution in [3.05, 3.63) is 48.0 Å². The summed E-state index contributed by atoms with van der Waals surface area (Å²) in [6, 6.07) is 13.6. The summed E-state index contributed by atoms with van der Waals surface area (Å²) < 4.78 is 5.94. The van der Waals surface area contributed by atoms with Crippen LogP contribution in [0.3, 0.4) is 0 Å². The van der Waals surface area contributed by atoms with Crippen LogP contribution in [0.4, 0.5) is 5.69 Å². The van der Waals surface area contributed by atoms with Crippen molar-refractivity contribution in [2.45, 2.75) is 71.4 Å². The maximum absolute atomic E-state index is 14.0. The lowest BCUT2D eigenvalue weighted by Crippen LogP contribution is -2.62. The van der Waals surface area contributed by atoms with Gasteiger partial charge in [-0.05, 0) is 60.6 Å². The molecule has 8 heteroatoms. The van der Waals surface area contributed by atoms with Crippen LogP contribution in [0.5, 0.6) is 5.75 Å². The van der Waals surface area contributed by atoms with Crippen molar-refractivity contribution in [2.24, 2.45) is 29.1 Å². The second-order valence-electron chi connectivity index (χ2n) is 13.2. The van der Waals surface area contributed by atoms with E-state index in [-0.39, 0.29) is 25.1 Å². The topological polar surface area (TPSA) is 94.5 Å². The van der Waals surface area contributed by atoms with Crippen LogP contribution < -0.4 is 15.0 Å². The van der Waals surface area contributed by atoms with Gasteiger partial charge >= 0.3 is 0 Å². The van der Waals surface area contributed by atoms with E-state index >= 15 is 0 Å². The first kappa shape index (κ1) is 29.8. The number of aliphatic hydroxyl groups is 2. The molecular weight excluding hydrogens is 518 g/mol. The van der Waals surface area contributed by atoms with E-state index in [2.05, 4.69) is 49.2 Å². The Morgan fingerprint density at radius 2 is 1.95 bits per heavy atom. The number of amides is 1. The van der Waals surface area contributed by atoms with Gasteiger partial charge in [-0.1, -0.05) is 51.1 Å². The van der Waals surface area contributed by atoms with E-state index in [1.165, 1.54) is 6.42 Å².